The van der Waals surface area contributed by atoms with Crippen LogP contribution in [0.25, 0.3) is 0 Å². The Kier molecular flexibility index (Phi) is 5.59. The molecule has 0 radical (unpaired) electrons. The lowest BCUT2D eigenvalue weighted by atomic mass is 9.95. The average Bonchev–Trinajstić information content (AvgIpc) is 2.63. The highest BCUT2D eigenvalue weighted by Gasteiger charge is 2.24. The number of benzene rings is 1. The molecule has 2 heterocycles. The average molecular weight is 323 g/mol. The van der Waals surface area contributed by atoms with E-state index >= 15 is 0 Å². The number of pyridine rings is 1. The van der Waals surface area contributed by atoms with Gasteiger partial charge in [0.15, 0.2) is 0 Å². The van der Waals surface area contributed by atoms with Crippen molar-refractivity contribution in [1.29, 1.82) is 0 Å². The summed E-state index contributed by atoms with van der Waals surface area (Å²) in [6.45, 7) is 5.62. The molecule has 0 unspecified atom stereocenters. The van der Waals surface area contributed by atoms with E-state index in [1.54, 1.807) is 12.4 Å². The lowest BCUT2D eigenvalue weighted by Crippen LogP contribution is -2.40. The van der Waals surface area contributed by atoms with Crippen molar-refractivity contribution in [1.82, 2.24) is 15.2 Å². The first-order valence-electron chi connectivity index (χ1n) is 8.65. The molecule has 0 saturated carbocycles. The van der Waals surface area contributed by atoms with Gasteiger partial charge in [0.2, 0.25) is 5.91 Å². The van der Waals surface area contributed by atoms with Crippen molar-refractivity contribution in [2.24, 2.45) is 5.92 Å². The number of likely N-dealkylation sites (tertiary alicyclic amines) is 1. The molecule has 0 aliphatic carbocycles. The molecular weight excluding hydrogens is 298 g/mol. The van der Waals surface area contributed by atoms with Gasteiger partial charge in [-0.3, -0.25) is 14.7 Å². The van der Waals surface area contributed by atoms with Crippen LogP contribution in [0.5, 0.6) is 0 Å². The van der Waals surface area contributed by atoms with Gasteiger partial charge in [-0.25, -0.2) is 0 Å². The van der Waals surface area contributed by atoms with Crippen LogP contribution in [0.15, 0.2) is 48.8 Å². The number of carbonyl (C=O) groups excluding carboxylic acids is 1. The molecule has 2 aromatic rings. The molecule has 0 spiro atoms. The standard InChI is InChI=1S/C20H25N3O/c1-16-4-6-17(7-5-16)15-23-11-8-19(9-12-23)20(24)22-14-18-3-2-10-21-13-18/h2-7,10,13,19H,8-9,11-12,14-15H2,1H3,(H,22,24). The van der Waals surface area contributed by atoms with Gasteiger partial charge in [0.1, 0.15) is 0 Å². The Balaban J connectivity index is 1.42. The monoisotopic (exact) mass is 323 g/mol. The number of aromatic nitrogens is 1. The Morgan fingerprint density at radius 1 is 1.17 bits per heavy atom. The third-order valence-electron chi connectivity index (χ3n) is 4.67. The number of rotatable bonds is 5. The maximum atomic E-state index is 12.3. The van der Waals surface area contributed by atoms with Crippen LogP contribution in [0, 0.1) is 12.8 Å². The summed E-state index contributed by atoms with van der Waals surface area (Å²) < 4.78 is 0. The van der Waals surface area contributed by atoms with Gasteiger partial charge in [0, 0.05) is 31.4 Å². The van der Waals surface area contributed by atoms with Crippen LogP contribution in [0.2, 0.25) is 0 Å². The van der Waals surface area contributed by atoms with Crippen LogP contribution in [0.1, 0.15) is 29.5 Å². The van der Waals surface area contributed by atoms with E-state index in [-0.39, 0.29) is 11.8 Å². The Hall–Kier alpha value is -2.20. The summed E-state index contributed by atoms with van der Waals surface area (Å²) in [6, 6.07) is 12.6. The molecule has 1 saturated heterocycles. The number of hydrogen-bond donors (Lipinski definition) is 1. The normalized spacial score (nSPS) is 16.0. The third kappa shape index (κ3) is 4.65. The third-order valence-corrected chi connectivity index (χ3v) is 4.67. The van der Waals surface area contributed by atoms with Crippen LogP contribution < -0.4 is 5.32 Å². The van der Waals surface area contributed by atoms with Crippen molar-refractivity contribution < 1.29 is 4.79 Å². The lowest BCUT2D eigenvalue weighted by Gasteiger charge is -2.31. The second kappa shape index (κ2) is 8.06. The summed E-state index contributed by atoms with van der Waals surface area (Å²) >= 11 is 0. The van der Waals surface area contributed by atoms with Crippen LogP contribution in [0.4, 0.5) is 0 Å². The second-order valence-electron chi connectivity index (χ2n) is 6.62. The van der Waals surface area contributed by atoms with Crippen LogP contribution in [-0.4, -0.2) is 28.9 Å². The Morgan fingerprint density at radius 2 is 1.92 bits per heavy atom. The molecule has 1 aliphatic heterocycles. The fourth-order valence-corrected chi connectivity index (χ4v) is 3.14. The van der Waals surface area contributed by atoms with Crippen LogP contribution >= 0.6 is 0 Å². The number of nitrogens with zero attached hydrogens (tertiary/aromatic N) is 2. The molecule has 0 atom stereocenters. The zero-order chi connectivity index (χ0) is 16.8. The number of hydrogen-bond acceptors (Lipinski definition) is 3. The Bertz CT molecular complexity index is 646. The van der Waals surface area contributed by atoms with Gasteiger partial charge in [-0.2, -0.15) is 0 Å². The Labute approximate surface area is 143 Å². The summed E-state index contributed by atoms with van der Waals surface area (Å²) in [6.07, 6.45) is 5.41. The smallest absolute Gasteiger partial charge is 0.223 e. The van der Waals surface area contributed by atoms with Gasteiger partial charge in [0.05, 0.1) is 0 Å². The molecular formula is C20H25N3O. The number of aryl methyl sites for hydroxylation is 1. The molecule has 0 bridgehead atoms. The largest absolute Gasteiger partial charge is 0.352 e. The minimum absolute atomic E-state index is 0.135. The molecule has 24 heavy (non-hydrogen) atoms. The highest BCUT2D eigenvalue weighted by molar-refractivity contribution is 5.78. The SMILES string of the molecule is Cc1ccc(CN2CCC(C(=O)NCc3cccnc3)CC2)cc1. The first kappa shape index (κ1) is 16.7. The number of carbonyl (C=O) groups is 1. The molecule has 1 aromatic carbocycles. The molecule has 1 aromatic heterocycles. The molecule has 4 nitrogen and oxygen atoms in total. The van der Waals surface area contributed by atoms with E-state index in [9.17, 15) is 4.79 Å². The number of piperidine rings is 1. The molecule has 1 aliphatic rings. The number of nitrogens with one attached hydrogen (secondary N) is 1. The van der Waals surface area contributed by atoms with E-state index in [0.717, 1.165) is 38.0 Å². The first-order chi connectivity index (χ1) is 11.7. The quantitative estimate of drug-likeness (QED) is 0.920. The summed E-state index contributed by atoms with van der Waals surface area (Å²) in [5.74, 6) is 0.310. The summed E-state index contributed by atoms with van der Waals surface area (Å²) in [5, 5.41) is 3.04. The zero-order valence-electron chi connectivity index (χ0n) is 14.2. The van der Waals surface area contributed by atoms with Gasteiger partial charge in [-0.1, -0.05) is 35.9 Å². The van der Waals surface area contributed by atoms with Gasteiger partial charge in [0.25, 0.3) is 0 Å². The van der Waals surface area contributed by atoms with Crippen molar-refractivity contribution in [3.63, 3.8) is 0 Å². The molecule has 126 valence electrons. The van der Waals surface area contributed by atoms with E-state index in [2.05, 4.69) is 46.4 Å². The maximum absolute atomic E-state index is 12.3. The maximum Gasteiger partial charge on any atom is 0.223 e. The van der Waals surface area contributed by atoms with Gasteiger partial charge in [-0.05, 0) is 50.0 Å². The number of amides is 1. The van der Waals surface area contributed by atoms with Crippen molar-refractivity contribution in [3.05, 3.63) is 65.5 Å². The fourth-order valence-electron chi connectivity index (χ4n) is 3.14. The predicted octanol–water partition coefficient (Wildman–Crippen LogP) is 2.92. The molecule has 4 heteroatoms. The molecule has 1 fully saturated rings. The fraction of sp³-hybridized carbons (Fsp3) is 0.400. The minimum atomic E-state index is 0.135. The van der Waals surface area contributed by atoms with E-state index in [4.69, 9.17) is 0 Å². The zero-order valence-corrected chi connectivity index (χ0v) is 14.2. The summed E-state index contributed by atoms with van der Waals surface area (Å²) in [4.78, 5) is 18.8. The van der Waals surface area contributed by atoms with Crippen molar-refractivity contribution >= 4 is 5.91 Å². The van der Waals surface area contributed by atoms with Gasteiger partial charge >= 0.3 is 0 Å². The predicted molar refractivity (Wildman–Crippen MR) is 95.3 cm³/mol. The second-order valence-corrected chi connectivity index (χ2v) is 6.62. The molecule has 3 rings (SSSR count). The van der Waals surface area contributed by atoms with Crippen molar-refractivity contribution in [2.75, 3.05) is 13.1 Å². The van der Waals surface area contributed by atoms with Crippen LogP contribution in [-0.2, 0) is 17.9 Å². The van der Waals surface area contributed by atoms with Gasteiger partial charge in [-0.15, -0.1) is 0 Å². The van der Waals surface area contributed by atoms with Crippen molar-refractivity contribution in [3.8, 4) is 0 Å². The summed E-state index contributed by atoms with van der Waals surface area (Å²) in [5.41, 5.74) is 3.69. The summed E-state index contributed by atoms with van der Waals surface area (Å²) in [7, 11) is 0. The van der Waals surface area contributed by atoms with Gasteiger partial charge < -0.3 is 5.32 Å². The molecule has 1 N–H and O–H groups in total. The van der Waals surface area contributed by atoms with E-state index < -0.39 is 0 Å². The Morgan fingerprint density at radius 3 is 2.58 bits per heavy atom. The lowest BCUT2D eigenvalue weighted by molar-refractivity contribution is -0.126. The first-order valence-corrected chi connectivity index (χ1v) is 8.65. The van der Waals surface area contributed by atoms with Crippen LogP contribution in [0.3, 0.4) is 0 Å². The highest BCUT2D eigenvalue weighted by atomic mass is 16.1. The van der Waals surface area contributed by atoms with E-state index in [1.165, 1.54) is 11.1 Å². The molecule has 1 amide bonds. The highest BCUT2D eigenvalue weighted by Crippen LogP contribution is 2.19. The van der Waals surface area contributed by atoms with E-state index in [0.29, 0.717) is 6.54 Å². The van der Waals surface area contributed by atoms with E-state index in [1.807, 2.05) is 12.1 Å². The van der Waals surface area contributed by atoms with Crippen molar-refractivity contribution in [2.45, 2.75) is 32.9 Å². The minimum Gasteiger partial charge on any atom is -0.352 e. The topological polar surface area (TPSA) is 45.2 Å².